The Kier molecular flexibility index (Phi) is 7.81. The van der Waals surface area contributed by atoms with Gasteiger partial charge in [0.05, 0.1) is 7.11 Å². The predicted molar refractivity (Wildman–Crippen MR) is 112 cm³/mol. The van der Waals surface area contributed by atoms with Gasteiger partial charge in [-0.25, -0.2) is 0 Å². The molecule has 0 aliphatic heterocycles. The second kappa shape index (κ2) is 10.7. The third-order valence-corrected chi connectivity index (χ3v) is 5.27. The Bertz CT molecular complexity index is 914. The van der Waals surface area contributed by atoms with Crippen LogP contribution in [0.3, 0.4) is 0 Å². The SMILES string of the molecule is COc1cc(CNC(=O)c2cccc(NC(=O)C3CCCCC3)c2)ccc1OC(F)F. The van der Waals surface area contributed by atoms with Crippen molar-refractivity contribution in [3.8, 4) is 11.5 Å². The summed E-state index contributed by atoms with van der Waals surface area (Å²) >= 11 is 0. The highest BCUT2D eigenvalue weighted by Gasteiger charge is 2.21. The van der Waals surface area contributed by atoms with Crippen LogP contribution in [0.4, 0.5) is 14.5 Å². The van der Waals surface area contributed by atoms with Gasteiger partial charge in [-0.05, 0) is 48.7 Å². The van der Waals surface area contributed by atoms with Gasteiger partial charge in [0.2, 0.25) is 5.91 Å². The minimum absolute atomic E-state index is 0.00420. The van der Waals surface area contributed by atoms with Gasteiger partial charge in [0, 0.05) is 23.7 Å². The number of carbonyl (C=O) groups is 2. The molecule has 0 spiro atoms. The number of carbonyl (C=O) groups excluding carboxylic acids is 2. The molecule has 31 heavy (non-hydrogen) atoms. The van der Waals surface area contributed by atoms with E-state index in [1.165, 1.54) is 25.7 Å². The van der Waals surface area contributed by atoms with E-state index in [2.05, 4.69) is 15.4 Å². The Hall–Kier alpha value is -3.16. The van der Waals surface area contributed by atoms with Crippen LogP contribution in [0.2, 0.25) is 0 Å². The van der Waals surface area contributed by atoms with Crippen molar-refractivity contribution in [3.63, 3.8) is 0 Å². The zero-order chi connectivity index (χ0) is 22.2. The Morgan fingerprint density at radius 1 is 1.06 bits per heavy atom. The van der Waals surface area contributed by atoms with Crippen LogP contribution in [0.1, 0.15) is 48.0 Å². The van der Waals surface area contributed by atoms with Crippen molar-refractivity contribution in [2.75, 3.05) is 12.4 Å². The number of ether oxygens (including phenoxy) is 2. The summed E-state index contributed by atoms with van der Waals surface area (Å²) in [6.07, 6.45) is 5.11. The molecule has 1 aliphatic carbocycles. The van der Waals surface area contributed by atoms with E-state index >= 15 is 0 Å². The highest BCUT2D eigenvalue weighted by Crippen LogP contribution is 2.29. The molecular formula is C23H26F2N2O4. The molecular weight excluding hydrogens is 406 g/mol. The van der Waals surface area contributed by atoms with E-state index in [0.717, 1.165) is 25.7 Å². The van der Waals surface area contributed by atoms with Crippen molar-refractivity contribution in [1.29, 1.82) is 0 Å². The van der Waals surface area contributed by atoms with Crippen LogP contribution in [-0.4, -0.2) is 25.5 Å². The van der Waals surface area contributed by atoms with Crippen molar-refractivity contribution in [1.82, 2.24) is 5.32 Å². The average molecular weight is 432 g/mol. The van der Waals surface area contributed by atoms with E-state index in [1.807, 2.05) is 0 Å². The topological polar surface area (TPSA) is 76.7 Å². The molecule has 0 atom stereocenters. The number of amides is 2. The first-order valence-electron chi connectivity index (χ1n) is 10.3. The summed E-state index contributed by atoms with van der Waals surface area (Å²) in [7, 11) is 1.35. The van der Waals surface area contributed by atoms with Crippen LogP contribution in [0.5, 0.6) is 11.5 Å². The van der Waals surface area contributed by atoms with E-state index in [4.69, 9.17) is 4.74 Å². The fourth-order valence-corrected chi connectivity index (χ4v) is 3.65. The summed E-state index contributed by atoms with van der Waals surface area (Å²) in [5.74, 6) is -0.220. The molecule has 0 radical (unpaired) electrons. The first-order chi connectivity index (χ1) is 15.0. The van der Waals surface area contributed by atoms with Gasteiger partial charge in [0.15, 0.2) is 11.5 Å². The minimum atomic E-state index is -2.95. The van der Waals surface area contributed by atoms with Gasteiger partial charge < -0.3 is 20.1 Å². The van der Waals surface area contributed by atoms with Crippen LogP contribution < -0.4 is 20.1 Å². The molecule has 1 saturated carbocycles. The first kappa shape index (κ1) is 22.5. The average Bonchev–Trinajstić information content (AvgIpc) is 2.78. The van der Waals surface area contributed by atoms with Gasteiger partial charge in [-0.3, -0.25) is 9.59 Å². The van der Waals surface area contributed by atoms with Crippen molar-refractivity contribution in [3.05, 3.63) is 53.6 Å². The van der Waals surface area contributed by atoms with Crippen molar-refractivity contribution in [2.45, 2.75) is 45.3 Å². The second-order valence-electron chi connectivity index (χ2n) is 7.45. The second-order valence-corrected chi connectivity index (χ2v) is 7.45. The number of rotatable bonds is 8. The van der Waals surface area contributed by atoms with Gasteiger partial charge in [0.1, 0.15) is 0 Å². The third-order valence-electron chi connectivity index (χ3n) is 5.27. The molecule has 3 rings (SSSR count). The van der Waals surface area contributed by atoms with Gasteiger partial charge in [-0.15, -0.1) is 0 Å². The Morgan fingerprint density at radius 3 is 2.55 bits per heavy atom. The Labute approximate surface area is 179 Å². The van der Waals surface area contributed by atoms with E-state index in [9.17, 15) is 18.4 Å². The fraction of sp³-hybridized carbons (Fsp3) is 0.391. The molecule has 2 N–H and O–H groups in total. The number of benzene rings is 2. The molecule has 2 aromatic carbocycles. The molecule has 1 fully saturated rings. The summed E-state index contributed by atoms with van der Waals surface area (Å²) < 4.78 is 34.3. The molecule has 2 aromatic rings. The monoisotopic (exact) mass is 432 g/mol. The summed E-state index contributed by atoms with van der Waals surface area (Å²) in [4.78, 5) is 25.0. The van der Waals surface area contributed by atoms with Gasteiger partial charge in [0.25, 0.3) is 5.91 Å². The highest BCUT2D eigenvalue weighted by molar-refractivity contribution is 5.97. The molecule has 166 valence electrons. The van der Waals surface area contributed by atoms with Crippen molar-refractivity contribution in [2.24, 2.45) is 5.92 Å². The third kappa shape index (κ3) is 6.41. The van der Waals surface area contributed by atoms with Crippen molar-refractivity contribution >= 4 is 17.5 Å². The normalized spacial score (nSPS) is 14.2. The largest absolute Gasteiger partial charge is 0.493 e. The lowest BCUT2D eigenvalue weighted by Crippen LogP contribution is -2.25. The molecule has 8 heteroatoms. The van der Waals surface area contributed by atoms with Gasteiger partial charge in [-0.1, -0.05) is 31.4 Å². The zero-order valence-electron chi connectivity index (χ0n) is 17.3. The Morgan fingerprint density at radius 2 is 1.84 bits per heavy atom. The van der Waals surface area contributed by atoms with Crippen molar-refractivity contribution < 1.29 is 27.8 Å². The lowest BCUT2D eigenvalue weighted by Gasteiger charge is -2.20. The molecule has 0 heterocycles. The lowest BCUT2D eigenvalue weighted by molar-refractivity contribution is -0.120. The molecule has 1 aliphatic rings. The molecule has 0 saturated heterocycles. The lowest BCUT2D eigenvalue weighted by atomic mass is 9.88. The van der Waals surface area contributed by atoms with Crippen LogP contribution >= 0.6 is 0 Å². The summed E-state index contributed by atoms with van der Waals surface area (Å²) in [6, 6.07) is 11.2. The van der Waals surface area contributed by atoms with Crippen LogP contribution in [0, 0.1) is 5.92 Å². The number of nitrogens with one attached hydrogen (secondary N) is 2. The van der Waals surface area contributed by atoms with E-state index in [0.29, 0.717) is 16.8 Å². The maximum atomic E-state index is 12.5. The van der Waals surface area contributed by atoms with Crippen LogP contribution in [-0.2, 0) is 11.3 Å². The summed E-state index contributed by atoms with van der Waals surface area (Å²) in [5.41, 5.74) is 1.65. The smallest absolute Gasteiger partial charge is 0.387 e. The predicted octanol–water partition coefficient (Wildman–Crippen LogP) is 4.75. The Balaban J connectivity index is 1.59. The number of anilines is 1. The quantitative estimate of drug-likeness (QED) is 0.631. The molecule has 6 nitrogen and oxygen atoms in total. The number of methoxy groups -OCH3 is 1. The number of halogens is 2. The van der Waals surface area contributed by atoms with Crippen LogP contribution in [0.15, 0.2) is 42.5 Å². The van der Waals surface area contributed by atoms with Crippen LogP contribution in [0.25, 0.3) is 0 Å². The van der Waals surface area contributed by atoms with E-state index in [1.54, 1.807) is 30.3 Å². The number of hydrogen-bond donors (Lipinski definition) is 2. The molecule has 0 bridgehead atoms. The summed E-state index contributed by atoms with van der Waals surface area (Å²) in [5, 5.41) is 5.68. The molecule has 0 aromatic heterocycles. The molecule has 2 amide bonds. The zero-order valence-corrected chi connectivity index (χ0v) is 17.3. The minimum Gasteiger partial charge on any atom is -0.493 e. The van der Waals surface area contributed by atoms with E-state index in [-0.39, 0.29) is 35.8 Å². The number of alkyl halides is 2. The summed E-state index contributed by atoms with van der Waals surface area (Å²) in [6.45, 7) is -2.78. The molecule has 0 unspecified atom stereocenters. The first-order valence-corrected chi connectivity index (χ1v) is 10.3. The van der Waals surface area contributed by atoms with Gasteiger partial charge in [-0.2, -0.15) is 8.78 Å². The maximum absolute atomic E-state index is 12.5. The fourth-order valence-electron chi connectivity index (χ4n) is 3.65. The number of hydrogen-bond acceptors (Lipinski definition) is 4. The van der Waals surface area contributed by atoms with Gasteiger partial charge >= 0.3 is 6.61 Å². The highest BCUT2D eigenvalue weighted by atomic mass is 19.3. The standard InChI is InChI=1S/C23H26F2N2O4/c1-30-20-12-15(10-11-19(20)31-23(24)25)14-26-21(28)17-8-5-9-18(13-17)27-22(29)16-6-3-2-4-7-16/h5,8-13,16,23H,2-4,6-7,14H2,1H3,(H,26,28)(H,27,29). The maximum Gasteiger partial charge on any atom is 0.387 e. The van der Waals surface area contributed by atoms with E-state index < -0.39 is 6.61 Å².